The second kappa shape index (κ2) is 12.1. The van der Waals surface area contributed by atoms with Crippen LogP contribution in [0.15, 0.2) is 60.7 Å². The number of benzene rings is 2. The number of carbonyl (C=O) groups is 1. The number of rotatable bonds is 10. The summed E-state index contributed by atoms with van der Waals surface area (Å²) in [6.45, 7) is 2.03. The Balaban J connectivity index is 1.91. The average molecular weight is 445 g/mol. The van der Waals surface area contributed by atoms with Crippen LogP contribution in [0.3, 0.4) is 0 Å². The van der Waals surface area contributed by atoms with Gasteiger partial charge in [-0.05, 0) is 11.1 Å². The fraction of sp³-hybridized carbons (Fsp3) is 0.480. The monoisotopic (exact) mass is 444 g/mol. The molecule has 2 aromatic rings. The lowest BCUT2D eigenvalue weighted by Crippen LogP contribution is -2.67. The molecule has 0 spiro atoms. The van der Waals surface area contributed by atoms with Crippen molar-refractivity contribution in [3.63, 3.8) is 0 Å². The molecular formula is C25H32O7. The van der Waals surface area contributed by atoms with Gasteiger partial charge in [-0.25, -0.2) is 0 Å². The molecule has 7 nitrogen and oxygen atoms in total. The van der Waals surface area contributed by atoms with Gasteiger partial charge in [-0.1, -0.05) is 60.7 Å². The number of methoxy groups -OCH3 is 3. The summed E-state index contributed by atoms with van der Waals surface area (Å²) in [4.78, 5) is 12.0. The molecule has 1 fully saturated rings. The van der Waals surface area contributed by atoms with E-state index < -0.39 is 42.6 Å². The molecule has 0 bridgehead atoms. The van der Waals surface area contributed by atoms with Crippen molar-refractivity contribution >= 4 is 5.97 Å². The van der Waals surface area contributed by atoms with E-state index in [1.807, 2.05) is 60.7 Å². The smallest absolute Gasteiger partial charge is 0.303 e. The summed E-state index contributed by atoms with van der Waals surface area (Å²) in [7, 11) is 4.73. The summed E-state index contributed by atoms with van der Waals surface area (Å²) in [5.74, 6) is -0.433. The Labute approximate surface area is 189 Å². The highest BCUT2D eigenvalue weighted by molar-refractivity contribution is 5.66. The molecule has 0 unspecified atom stereocenters. The molecule has 0 aliphatic heterocycles. The highest BCUT2D eigenvalue weighted by Crippen LogP contribution is 2.34. The summed E-state index contributed by atoms with van der Waals surface area (Å²) in [5, 5.41) is 0. The molecule has 1 saturated carbocycles. The second-order valence-electron chi connectivity index (χ2n) is 7.70. The standard InChI is InChI=1S/C25H32O7/c1-17(26)32-25-22(29-4)20(27-2)21(28-3)23(30-15-18-11-7-5-8-12-18)24(25)31-16-19-13-9-6-10-14-19/h5-14,20-25H,15-16H2,1-4H3/t20-,21-,22+,23+,24-,25+/m0/s1. The molecule has 0 radical (unpaired) electrons. The van der Waals surface area contributed by atoms with Gasteiger partial charge in [0, 0.05) is 28.3 Å². The molecule has 0 amide bonds. The summed E-state index contributed by atoms with van der Waals surface area (Å²) in [6, 6.07) is 19.6. The van der Waals surface area contributed by atoms with Gasteiger partial charge in [-0.3, -0.25) is 4.79 Å². The van der Waals surface area contributed by atoms with Crippen LogP contribution in [0.2, 0.25) is 0 Å². The minimum absolute atomic E-state index is 0.318. The number of carbonyl (C=O) groups excluding carboxylic acids is 1. The maximum Gasteiger partial charge on any atom is 0.303 e. The lowest BCUT2D eigenvalue weighted by Gasteiger charge is -2.48. The quantitative estimate of drug-likeness (QED) is 0.521. The van der Waals surface area contributed by atoms with E-state index >= 15 is 0 Å². The Bertz CT molecular complexity index is 814. The maximum atomic E-state index is 12.0. The molecule has 3 rings (SSSR count). The highest BCUT2D eigenvalue weighted by Gasteiger charge is 2.55. The highest BCUT2D eigenvalue weighted by atomic mass is 16.6. The minimum atomic E-state index is -0.738. The van der Waals surface area contributed by atoms with Crippen LogP contribution in [0, 0.1) is 0 Å². The van der Waals surface area contributed by atoms with Crippen LogP contribution in [-0.4, -0.2) is 63.9 Å². The predicted octanol–water partition coefficient (Wildman–Crippen LogP) is 3.15. The van der Waals surface area contributed by atoms with Gasteiger partial charge in [0.05, 0.1) is 13.2 Å². The van der Waals surface area contributed by atoms with E-state index in [0.29, 0.717) is 13.2 Å². The van der Waals surface area contributed by atoms with Gasteiger partial charge in [0.1, 0.15) is 30.5 Å². The van der Waals surface area contributed by atoms with E-state index in [9.17, 15) is 4.79 Å². The first-order valence-electron chi connectivity index (χ1n) is 10.7. The predicted molar refractivity (Wildman–Crippen MR) is 118 cm³/mol. The molecule has 0 heterocycles. The van der Waals surface area contributed by atoms with Gasteiger partial charge in [0.2, 0.25) is 0 Å². The zero-order valence-corrected chi connectivity index (χ0v) is 19.0. The molecule has 0 aromatic heterocycles. The Morgan fingerprint density at radius 2 is 1.00 bits per heavy atom. The third-order valence-corrected chi connectivity index (χ3v) is 5.63. The van der Waals surface area contributed by atoms with Gasteiger partial charge < -0.3 is 28.4 Å². The summed E-state index contributed by atoms with van der Waals surface area (Å²) < 4.78 is 35.6. The molecular weight excluding hydrogens is 412 g/mol. The van der Waals surface area contributed by atoms with Crippen molar-refractivity contribution in [1.82, 2.24) is 0 Å². The third-order valence-electron chi connectivity index (χ3n) is 5.63. The largest absolute Gasteiger partial charge is 0.457 e. The van der Waals surface area contributed by atoms with Gasteiger partial charge in [-0.2, -0.15) is 0 Å². The Hall–Kier alpha value is -2.29. The zero-order valence-electron chi connectivity index (χ0n) is 19.0. The second-order valence-corrected chi connectivity index (χ2v) is 7.70. The van der Waals surface area contributed by atoms with Crippen molar-refractivity contribution in [1.29, 1.82) is 0 Å². The van der Waals surface area contributed by atoms with Crippen molar-refractivity contribution in [3.05, 3.63) is 71.8 Å². The van der Waals surface area contributed by atoms with Crippen molar-refractivity contribution in [2.75, 3.05) is 21.3 Å². The summed E-state index contributed by atoms with van der Waals surface area (Å²) in [6.07, 6.45) is -3.55. The number of hydrogen-bond acceptors (Lipinski definition) is 7. The van der Waals surface area contributed by atoms with Gasteiger partial charge in [-0.15, -0.1) is 0 Å². The molecule has 1 aliphatic rings. The van der Waals surface area contributed by atoms with Crippen LogP contribution in [0.1, 0.15) is 18.1 Å². The number of hydrogen-bond donors (Lipinski definition) is 0. The van der Waals surface area contributed by atoms with Gasteiger partial charge >= 0.3 is 5.97 Å². The lowest BCUT2D eigenvalue weighted by molar-refractivity contribution is -0.269. The first-order chi connectivity index (χ1) is 15.6. The molecule has 6 atom stereocenters. The topological polar surface area (TPSA) is 72.5 Å². The minimum Gasteiger partial charge on any atom is -0.457 e. The van der Waals surface area contributed by atoms with Crippen molar-refractivity contribution in [2.45, 2.75) is 56.8 Å². The molecule has 2 aromatic carbocycles. The molecule has 0 saturated heterocycles. The SMILES string of the molecule is CO[C@@H]1[C@@H](OC)[C@@H](OC(C)=O)[C@@H](OCc2ccccc2)[C@H](OCc2ccccc2)[C@H]1OC. The Kier molecular flexibility index (Phi) is 9.20. The van der Waals surface area contributed by atoms with E-state index in [0.717, 1.165) is 11.1 Å². The van der Waals surface area contributed by atoms with E-state index in [1.54, 1.807) is 21.3 Å². The summed E-state index contributed by atoms with van der Waals surface area (Å²) >= 11 is 0. The van der Waals surface area contributed by atoms with Crippen LogP contribution >= 0.6 is 0 Å². The van der Waals surface area contributed by atoms with Crippen molar-refractivity contribution in [3.8, 4) is 0 Å². The molecule has 1 aliphatic carbocycles. The van der Waals surface area contributed by atoms with Crippen LogP contribution < -0.4 is 0 Å². The number of esters is 1. The number of ether oxygens (including phenoxy) is 6. The fourth-order valence-electron chi connectivity index (χ4n) is 4.16. The fourth-order valence-corrected chi connectivity index (χ4v) is 4.16. The average Bonchev–Trinajstić information content (AvgIpc) is 2.82. The van der Waals surface area contributed by atoms with Gasteiger partial charge in [0.15, 0.2) is 6.10 Å². The molecule has 174 valence electrons. The summed E-state index contributed by atoms with van der Waals surface area (Å²) in [5.41, 5.74) is 2.00. The normalized spacial score (nSPS) is 27.8. The third kappa shape index (κ3) is 5.94. The van der Waals surface area contributed by atoms with Crippen molar-refractivity contribution in [2.24, 2.45) is 0 Å². The van der Waals surface area contributed by atoms with E-state index in [-0.39, 0.29) is 0 Å². The Morgan fingerprint density at radius 1 is 0.625 bits per heavy atom. The molecule has 7 heteroatoms. The lowest BCUT2D eigenvalue weighted by atomic mass is 9.83. The first-order valence-corrected chi connectivity index (χ1v) is 10.7. The van der Waals surface area contributed by atoms with Crippen LogP contribution in [0.4, 0.5) is 0 Å². The molecule has 32 heavy (non-hydrogen) atoms. The maximum absolute atomic E-state index is 12.0. The first kappa shape index (κ1) is 24.4. The van der Waals surface area contributed by atoms with Crippen LogP contribution in [0.25, 0.3) is 0 Å². The van der Waals surface area contributed by atoms with Crippen molar-refractivity contribution < 1.29 is 33.2 Å². The Morgan fingerprint density at radius 3 is 1.41 bits per heavy atom. The molecule has 0 N–H and O–H groups in total. The van der Waals surface area contributed by atoms with Gasteiger partial charge in [0.25, 0.3) is 0 Å². The van der Waals surface area contributed by atoms with E-state index in [2.05, 4.69) is 0 Å². The van der Waals surface area contributed by atoms with E-state index in [4.69, 9.17) is 28.4 Å². The zero-order chi connectivity index (χ0) is 22.9. The van der Waals surface area contributed by atoms with E-state index in [1.165, 1.54) is 6.92 Å². The van der Waals surface area contributed by atoms with Crippen LogP contribution in [0.5, 0.6) is 0 Å². The van der Waals surface area contributed by atoms with Crippen LogP contribution in [-0.2, 0) is 46.4 Å².